The van der Waals surface area contributed by atoms with Crippen LogP contribution in [0.5, 0.6) is 0 Å². The van der Waals surface area contributed by atoms with E-state index in [9.17, 15) is 0 Å². The van der Waals surface area contributed by atoms with Gasteiger partial charge in [0.25, 0.3) is 0 Å². The van der Waals surface area contributed by atoms with Crippen molar-refractivity contribution in [3.05, 3.63) is 30.3 Å². The molecule has 6 fully saturated rings. The zero-order valence-corrected chi connectivity index (χ0v) is 38.4. The Morgan fingerprint density at radius 2 is 0.653 bits per heavy atom. The fourth-order valence-corrected chi connectivity index (χ4v) is 26.5. The predicted molar refractivity (Wildman–Crippen MR) is 225 cm³/mol. The molecule has 282 valence electrons. The van der Waals surface area contributed by atoms with Crippen LogP contribution in [0.2, 0.25) is 0 Å². The Morgan fingerprint density at radius 1 is 0.408 bits per heavy atom. The van der Waals surface area contributed by atoms with Crippen molar-refractivity contribution >= 4 is 62.4 Å². The second kappa shape index (κ2) is 25.2. The van der Waals surface area contributed by atoms with Gasteiger partial charge in [-0.15, -0.1) is 0 Å². The van der Waals surface area contributed by atoms with Gasteiger partial charge in [-0.25, -0.2) is 0 Å². The van der Waals surface area contributed by atoms with Gasteiger partial charge in [0.05, 0.1) is 0 Å². The molecule has 0 radical (unpaired) electrons. The molecule has 49 heavy (non-hydrogen) atoms. The maximum absolute atomic E-state index is 5.71. The molecule has 0 amide bonds. The van der Waals surface area contributed by atoms with E-state index in [0.717, 1.165) is 0 Å². The van der Waals surface area contributed by atoms with Gasteiger partial charge in [-0.3, -0.25) is 0 Å². The summed E-state index contributed by atoms with van der Waals surface area (Å²) in [5.41, 5.74) is 7.14. The molecular formula is C43H72Cl2P2RuTe. The topological polar surface area (TPSA) is 0 Å². The van der Waals surface area contributed by atoms with Crippen LogP contribution in [-0.2, 0) is 13.5 Å². The van der Waals surface area contributed by atoms with Gasteiger partial charge in [-0.1, -0.05) is 131 Å². The summed E-state index contributed by atoms with van der Waals surface area (Å²) in [5, 5.41) is 0. The van der Waals surface area contributed by atoms with E-state index in [1.807, 2.05) is 18.2 Å². The van der Waals surface area contributed by atoms with E-state index in [1.165, 1.54) is 76.1 Å². The Labute approximate surface area is 330 Å². The van der Waals surface area contributed by atoms with Gasteiger partial charge in [0.2, 0.25) is 0 Å². The van der Waals surface area contributed by atoms with E-state index >= 15 is 0 Å². The Bertz CT molecular complexity index is 862. The summed E-state index contributed by atoms with van der Waals surface area (Å²) in [5.74, 6) is 0. The molecule has 0 unspecified atom stereocenters. The quantitative estimate of drug-likeness (QED) is 0.180. The normalized spacial score (nSPS) is 24.9. The SMILES string of the molecule is C1CCC(P(C2CCCCC2)C2CCCCC2)CC1.C1CCC(P(C2CCCCC2)C2CCCCC2)CC1.[Cl][Ru]([Cl])=[CH][Te]c1ccccc1. The van der Waals surface area contributed by atoms with E-state index in [2.05, 4.69) is 14.8 Å². The van der Waals surface area contributed by atoms with Crippen LogP contribution in [0.15, 0.2) is 30.3 Å². The van der Waals surface area contributed by atoms with Gasteiger partial charge in [0.1, 0.15) is 0 Å². The molecule has 0 saturated heterocycles. The molecule has 6 aliphatic rings. The molecule has 0 N–H and O–H groups in total. The second-order valence-corrected chi connectivity index (χ2v) is 33.0. The molecule has 7 rings (SSSR count). The Morgan fingerprint density at radius 3 is 0.878 bits per heavy atom. The van der Waals surface area contributed by atoms with Crippen LogP contribution in [0.1, 0.15) is 193 Å². The van der Waals surface area contributed by atoms with Crippen LogP contribution < -0.4 is 3.61 Å². The molecule has 0 aliphatic heterocycles. The molecule has 1 aromatic rings. The summed E-state index contributed by atoms with van der Waals surface area (Å²) >= 11 is -1.71. The van der Waals surface area contributed by atoms with Crippen molar-refractivity contribution in [2.75, 3.05) is 0 Å². The minimum atomic E-state index is -1.50. The zero-order chi connectivity index (χ0) is 33.9. The summed E-state index contributed by atoms with van der Waals surface area (Å²) in [7, 11) is 12.2. The molecule has 6 heteroatoms. The zero-order valence-electron chi connectivity index (χ0n) is 31.1. The first-order valence-corrected chi connectivity index (χ1v) is 32.4. The van der Waals surface area contributed by atoms with Crippen molar-refractivity contribution in [1.82, 2.24) is 0 Å². The monoisotopic (exact) mass is 952 g/mol. The van der Waals surface area contributed by atoms with Crippen molar-refractivity contribution in [3.8, 4) is 0 Å². The molecule has 0 bridgehead atoms. The first-order chi connectivity index (χ1) is 24.2. The number of hydrogen-bond donors (Lipinski definition) is 0. The molecule has 6 saturated carbocycles. The molecule has 1 aromatic carbocycles. The third kappa shape index (κ3) is 15.2. The van der Waals surface area contributed by atoms with Gasteiger partial charge in [0, 0.05) is 0 Å². The summed E-state index contributed by atoms with van der Waals surface area (Å²) in [6.45, 7) is 0. The number of halogens is 2. The molecule has 0 spiro atoms. The summed E-state index contributed by atoms with van der Waals surface area (Å²) < 4.78 is 3.53. The first kappa shape index (κ1) is 42.1. The third-order valence-corrected chi connectivity index (χ3v) is 31.7. The second-order valence-electron chi connectivity index (χ2n) is 16.4. The maximum atomic E-state index is 5.71. The molecule has 0 nitrogen and oxygen atoms in total. The van der Waals surface area contributed by atoms with Crippen molar-refractivity contribution in [3.63, 3.8) is 0 Å². The first-order valence-electron chi connectivity index (χ1n) is 21.3. The Hall–Kier alpha value is 1.94. The van der Waals surface area contributed by atoms with E-state index < -0.39 is 13.5 Å². The van der Waals surface area contributed by atoms with Crippen molar-refractivity contribution in [2.45, 2.75) is 227 Å². The van der Waals surface area contributed by atoms with Crippen molar-refractivity contribution < 1.29 is 13.5 Å². The van der Waals surface area contributed by atoms with Crippen LogP contribution in [0.3, 0.4) is 0 Å². The Kier molecular flexibility index (Phi) is 21.6. The van der Waals surface area contributed by atoms with Crippen LogP contribution >= 0.6 is 35.2 Å². The average Bonchev–Trinajstić information content (AvgIpc) is 3.18. The van der Waals surface area contributed by atoms with Crippen LogP contribution in [0, 0.1) is 0 Å². The summed E-state index contributed by atoms with van der Waals surface area (Å²) in [6.07, 6.45) is 47.2. The standard InChI is InChI=1S/2C18H33P.C7H6Te.2ClH.Ru/c2*1-4-10-16(11-5-1)19(17-12-6-2-7-13-17)18-14-8-3-9-15-18;1-8-7-5-3-2-4-6-7;;;/h2*16-18H,1-15H2;1-6H;2*1H;/q;;;;;+2/p-2. The molecule has 0 aromatic heterocycles. The van der Waals surface area contributed by atoms with Gasteiger partial charge < -0.3 is 0 Å². The number of rotatable bonds is 8. The molecule has 6 aliphatic carbocycles. The van der Waals surface area contributed by atoms with Crippen LogP contribution in [-0.4, -0.2) is 57.5 Å². The minimum absolute atomic E-state index is 0.209. The van der Waals surface area contributed by atoms with Crippen LogP contribution in [0.25, 0.3) is 0 Å². The molecule has 0 atom stereocenters. The summed E-state index contributed by atoms with van der Waals surface area (Å²) in [6, 6.07) is 10.4. The fourth-order valence-electron chi connectivity index (χ4n) is 10.6. The van der Waals surface area contributed by atoms with E-state index in [4.69, 9.17) is 19.4 Å². The van der Waals surface area contributed by atoms with Gasteiger partial charge in [0.15, 0.2) is 0 Å². The summed E-state index contributed by atoms with van der Waals surface area (Å²) in [4.78, 5) is 0. The number of hydrogen-bond acceptors (Lipinski definition) is 0. The van der Waals surface area contributed by atoms with E-state index in [0.29, 0.717) is 15.8 Å². The van der Waals surface area contributed by atoms with Crippen LogP contribution in [0.4, 0.5) is 0 Å². The van der Waals surface area contributed by atoms with Gasteiger partial charge >= 0.3 is 90.4 Å². The van der Waals surface area contributed by atoms with Crippen molar-refractivity contribution in [2.24, 2.45) is 0 Å². The molecule has 0 heterocycles. The fraction of sp³-hybridized carbons (Fsp3) is 0.837. The van der Waals surface area contributed by atoms with Gasteiger partial charge in [-0.05, 0) is 111 Å². The van der Waals surface area contributed by atoms with Crippen molar-refractivity contribution in [1.29, 1.82) is 0 Å². The average molecular weight is 951 g/mol. The third-order valence-electron chi connectivity index (χ3n) is 13.0. The molecular weight excluding hydrogens is 878 g/mol. The predicted octanol–water partition coefficient (Wildman–Crippen LogP) is 14.6. The van der Waals surface area contributed by atoms with E-state index in [-0.39, 0.29) is 20.9 Å². The van der Waals surface area contributed by atoms with E-state index in [1.54, 1.807) is 154 Å². The Balaban J connectivity index is 0.000000149. The van der Waals surface area contributed by atoms with Gasteiger partial charge in [-0.2, -0.15) is 0 Å². The number of benzene rings is 1.